The van der Waals surface area contributed by atoms with Crippen LogP contribution in [0.5, 0.6) is 5.75 Å². The van der Waals surface area contributed by atoms with Crippen LogP contribution in [0, 0.1) is 5.82 Å². The largest absolute Gasteiger partial charge is 0.494 e. The number of halogens is 1. The molecule has 0 spiro atoms. The number of sulfonamides is 1. The van der Waals surface area contributed by atoms with Gasteiger partial charge in [-0.2, -0.15) is 0 Å². The van der Waals surface area contributed by atoms with Crippen LogP contribution in [0.1, 0.15) is 36.0 Å². The first kappa shape index (κ1) is 20.3. The third-order valence-electron chi connectivity index (χ3n) is 4.27. The van der Waals surface area contributed by atoms with Gasteiger partial charge >= 0.3 is 0 Å². The Balaban J connectivity index is 1.37. The van der Waals surface area contributed by atoms with E-state index in [0.29, 0.717) is 24.5 Å². The van der Waals surface area contributed by atoms with Crippen LogP contribution in [-0.4, -0.2) is 33.5 Å². The zero-order chi connectivity index (χ0) is 20.0. The van der Waals surface area contributed by atoms with Gasteiger partial charge in [0.2, 0.25) is 10.0 Å². The van der Waals surface area contributed by atoms with Gasteiger partial charge in [-0.1, -0.05) is 0 Å². The second-order valence-electron chi connectivity index (χ2n) is 6.69. The number of hydrogen-bond donors (Lipinski definition) is 2. The number of nitrogens with one attached hydrogen (secondary N) is 2. The van der Waals surface area contributed by atoms with E-state index < -0.39 is 10.0 Å². The van der Waals surface area contributed by atoms with Crippen molar-refractivity contribution < 1.29 is 22.3 Å². The van der Waals surface area contributed by atoms with Crippen LogP contribution in [0.2, 0.25) is 0 Å². The lowest BCUT2D eigenvalue weighted by Crippen LogP contribution is -2.26. The Labute approximate surface area is 164 Å². The molecule has 1 aliphatic rings. The van der Waals surface area contributed by atoms with Crippen molar-refractivity contribution in [2.45, 2.75) is 36.6 Å². The molecular formula is C20H23FN2O4S. The van der Waals surface area contributed by atoms with Crippen molar-refractivity contribution in [2.24, 2.45) is 0 Å². The van der Waals surface area contributed by atoms with Gasteiger partial charge in [0, 0.05) is 18.2 Å². The maximum absolute atomic E-state index is 12.8. The second-order valence-corrected chi connectivity index (χ2v) is 8.40. The smallest absolute Gasteiger partial charge is 0.251 e. The van der Waals surface area contributed by atoms with Crippen molar-refractivity contribution in [2.75, 3.05) is 13.2 Å². The van der Waals surface area contributed by atoms with Gasteiger partial charge in [-0.15, -0.1) is 0 Å². The summed E-state index contributed by atoms with van der Waals surface area (Å²) in [7, 11) is -3.51. The Morgan fingerprint density at radius 1 is 1.04 bits per heavy atom. The molecule has 150 valence electrons. The monoisotopic (exact) mass is 406 g/mol. The molecule has 1 amide bonds. The molecule has 1 aliphatic carbocycles. The minimum atomic E-state index is -3.51. The summed E-state index contributed by atoms with van der Waals surface area (Å²) >= 11 is 0. The molecule has 8 heteroatoms. The van der Waals surface area contributed by atoms with E-state index in [1.165, 1.54) is 36.4 Å². The van der Waals surface area contributed by atoms with Crippen LogP contribution in [0.25, 0.3) is 0 Å². The molecule has 0 radical (unpaired) electrons. The number of ether oxygens (including phenoxy) is 1. The highest BCUT2D eigenvalue weighted by Gasteiger charge is 2.27. The van der Waals surface area contributed by atoms with Crippen LogP contribution >= 0.6 is 0 Å². The lowest BCUT2D eigenvalue weighted by Gasteiger charge is -2.08. The van der Waals surface area contributed by atoms with Gasteiger partial charge in [0.05, 0.1) is 11.5 Å². The first-order valence-corrected chi connectivity index (χ1v) is 10.7. The Morgan fingerprint density at radius 3 is 2.36 bits per heavy atom. The molecule has 1 fully saturated rings. The minimum Gasteiger partial charge on any atom is -0.494 e. The van der Waals surface area contributed by atoms with Crippen LogP contribution < -0.4 is 14.8 Å². The van der Waals surface area contributed by atoms with Crippen molar-refractivity contribution in [3.8, 4) is 5.75 Å². The predicted octanol–water partition coefficient (Wildman–Crippen LogP) is 2.86. The van der Waals surface area contributed by atoms with E-state index in [1.54, 1.807) is 12.1 Å². The van der Waals surface area contributed by atoms with E-state index in [4.69, 9.17) is 4.74 Å². The fourth-order valence-electron chi connectivity index (χ4n) is 2.53. The Hall–Kier alpha value is -2.45. The van der Waals surface area contributed by atoms with E-state index in [-0.39, 0.29) is 22.7 Å². The van der Waals surface area contributed by atoms with Crippen LogP contribution in [0.15, 0.2) is 53.4 Å². The summed E-state index contributed by atoms with van der Waals surface area (Å²) in [6, 6.07) is 11.8. The third kappa shape index (κ3) is 6.03. The van der Waals surface area contributed by atoms with E-state index in [9.17, 15) is 17.6 Å². The summed E-state index contributed by atoms with van der Waals surface area (Å²) in [5, 5.41) is 2.80. The highest BCUT2D eigenvalue weighted by atomic mass is 32.2. The van der Waals surface area contributed by atoms with Crippen molar-refractivity contribution in [1.29, 1.82) is 0 Å². The van der Waals surface area contributed by atoms with E-state index in [2.05, 4.69) is 10.0 Å². The van der Waals surface area contributed by atoms with Gasteiger partial charge in [0.25, 0.3) is 5.91 Å². The zero-order valence-electron chi connectivity index (χ0n) is 15.4. The lowest BCUT2D eigenvalue weighted by molar-refractivity contribution is 0.0952. The van der Waals surface area contributed by atoms with Gasteiger partial charge in [0.1, 0.15) is 11.6 Å². The highest BCUT2D eigenvalue weighted by Crippen LogP contribution is 2.22. The number of rotatable bonds is 10. The molecule has 1 saturated carbocycles. The molecule has 2 N–H and O–H groups in total. The molecule has 0 aliphatic heterocycles. The Morgan fingerprint density at radius 2 is 1.71 bits per heavy atom. The highest BCUT2D eigenvalue weighted by molar-refractivity contribution is 7.89. The molecule has 2 aromatic rings. The predicted molar refractivity (Wildman–Crippen MR) is 103 cm³/mol. The molecule has 0 aromatic heterocycles. The maximum Gasteiger partial charge on any atom is 0.251 e. The quantitative estimate of drug-likeness (QED) is 0.594. The third-order valence-corrected chi connectivity index (χ3v) is 5.80. The molecule has 0 bridgehead atoms. The number of hydrogen-bond acceptors (Lipinski definition) is 4. The first-order chi connectivity index (χ1) is 13.4. The number of unbranched alkanes of at least 4 members (excludes halogenated alkanes) is 1. The SMILES string of the molecule is O=C(NCCCCOc1ccc(F)cc1)c1ccc(S(=O)(=O)NC2CC2)cc1. The second kappa shape index (κ2) is 9.16. The van der Waals surface area contributed by atoms with Gasteiger partial charge < -0.3 is 10.1 Å². The fourth-order valence-corrected chi connectivity index (χ4v) is 3.83. The van der Waals surface area contributed by atoms with Crippen LogP contribution in [0.4, 0.5) is 4.39 Å². The average Bonchev–Trinajstić information content (AvgIpc) is 3.49. The number of benzene rings is 2. The van der Waals surface area contributed by atoms with Gasteiger partial charge in [-0.3, -0.25) is 4.79 Å². The van der Waals surface area contributed by atoms with Crippen molar-refractivity contribution >= 4 is 15.9 Å². The van der Waals surface area contributed by atoms with E-state index in [0.717, 1.165) is 25.7 Å². The zero-order valence-corrected chi connectivity index (χ0v) is 16.2. The molecule has 0 saturated heterocycles. The van der Waals surface area contributed by atoms with Crippen molar-refractivity contribution in [3.05, 3.63) is 59.9 Å². The normalized spacial score (nSPS) is 13.9. The lowest BCUT2D eigenvalue weighted by atomic mass is 10.2. The fraction of sp³-hybridized carbons (Fsp3) is 0.350. The van der Waals surface area contributed by atoms with Crippen molar-refractivity contribution in [1.82, 2.24) is 10.0 Å². The molecule has 0 heterocycles. The summed E-state index contributed by atoms with van der Waals surface area (Å²) in [5.41, 5.74) is 0.410. The van der Waals surface area contributed by atoms with Crippen LogP contribution in [0.3, 0.4) is 0 Å². The summed E-state index contributed by atoms with van der Waals surface area (Å²) in [4.78, 5) is 12.3. The number of carbonyl (C=O) groups is 1. The molecule has 3 rings (SSSR count). The number of amides is 1. The summed E-state index contributed by atoms with van der Waals surface area (Å²) in [6.07, 6.45) is 3.20. The molecular weight excluding hydrogens is 383 g/mol. The standard InChI is InChI=1S/C20H23FN2O4S/c21-16-5-9-18(10-6-16)27-14-2-1-13-22-20(24)15-3-11-19(12-4-15)28(25,26)23-17-7-8-17/h3-6,9-12,17,23H,1-2,7-8,13-14H2,(H,22,24). The molecule has 6 nitrogen and oxygen atoms in total. The van der Waals surface area contributed by atoms with Crippen LogP contribution in [-0.2, 0) is 10.0 Å². The van der Waals surface area contributed by atoms with E-state index >= 15 is 0 Å². The summed E-state index contributed by atoms with van der Waals surface area (Å²) < 4.78 is 45.1. The van der Waals surface area contributed by atoms with Crippen molar-refractivity contribution in [3.63, 3.8) is 0 Å². The summed E-state index contributed by atoms with van der Waals surface area (Å²) in [5.74, 6) is 0.0510. The first-order valence-electron chi connectivity index (χ1n) is 9.23. The number of carbonyl (C=O) groups excluding carboxylic acids is 1. The maximum atomic E-state index is 12.8. The van der Waals surface area contributed by atoms with Gasteiger partial charge in [-0.25, -0.2) is 17.5 Å². The Kier molecular flexibility index (Phi) is 6.64. The molecule has 2 aromatic carbocycles. The minimum absolute atomic E-state index is 0.0417. The van der Waals surface area contributed by atoms with Gasteiger partial charge in [0.15, 0.2) is 0 Å². The molecule has 28 heavy (non-hydrogen) atoms. The topological polar surface area (TPSA) is 84.5 Å². The molecule has 0 atom stereocenters. The average molecular weight is 406 g/mol. The van der Waals surface area contributed by atoms with Gasteiger partial charge in [-0.05, 0) is 74.2 Å². The Bertz CT molecular complexity index is 895. The van der Waals surface area contributed by atoms with E-state index in [1.807, 2.05) is 0 Å². The summed E-state index contributed by atoms with van der Waals surface area (Å²) in [6.45, 7) is 0.955. The molecule has 0 unspecified atom stereocenters.